The fraction of sp³-hybridized carbons (Fsp3) is 0.568. The van der Waals surface area contributed by atoms with Gasteiger partial charge in [-0.25, -0.2) is 4.39 Å². The van der Waals surface area contributed by atoms with Crippen LogP contribution in [0.1, 0.15) is 80.8 Å². The van der Waals surface area contributed by atoms with Gasteiger partial charge in [0.25, 0.3) is 0 Å². The first kappa shape index (κ1) is 33.9. The van der Waals surface area contributed by atoms with Crippen molar-refractivity contribution in [1.82, 2.24) is 19.6 Å². The van der Waals surface area contributed by atoms with Crippen molar-refractivity contribution >= 4 is 5.97 Å². The molecule has 5 rings (SSSR count). The number of carboxylic acids is 1. The van der Waals surface area contributed by atoms with Crippen molar-refractivity contribution in [2.24, 2.45) is 11.8 Å². The number of ether oxygens (including phenoxy) is 2. The third-order valence-electron chi connectivity index (χ3n) is 10.3. The SMILES string of the molecule is CCn1nc(Cc2ccc(OC)c(OC)c2)cc1C1CCN(CC2CC(N(C)[C@@H](C(=O)O)C(C)C)CC2c2cccc(F)c2)CC1. The molecule has 1 saturated heterocycles. The first-order valence-corrected chi connectivity index (χ1v) is 16.8. The maximum Gasteiger partial charge on any atom is 0.321 e. The van der Waals surface area contributed by atoms with E-state index < -0.39 is 12.0 Å². The average molecular weight is 635 g/mol. The summed E-state index contributed by atoms with van der Waals surface area (Å²) in [6.45, 7) is 9.87. The number of piperidine rings is 1. The molecule has 1 saturated carbocycles. The van der Waals surface area contributed by atoms with E-state index in [2.05, 4.69) is 33.5 Å². The second kappa shape index (κ2) is 15.0. The number of rotatable bonds is 13. The van der Waals surface area contributed by atoms with E-state index in [0.29, 0.717) is 11.8 Å². The van der Waals surface area contributed by atoms with Gasteiger partial charge in [-0.05, 0) is 112 Å². The highest BCUT2D eigenvalue weighted by atomic mass is 19.1. The summed E-state index contributed by atoms with van der Waals surface area (Å²) in [6.07, 6.45) is 4.62. The summed E-state index contributed by atoms with van der Waals surface area (Å²) < 4.78 is 27.4. The van der Waals surface area contributed by atoms with E-state index >= 15 is 0 Å². The maximum atomic E-state index is 14.3. The highest BCUT2D eigenvalue weighted by Crippen LogP contribution is 2.44. The van der Waals surface area contributed by atoms with Gasteiger partial charge in [0.2, 0.25) is 0 Å². The number of likely N-dealkylation sites (tertiary alicyclic amines) is 1. The Kier molecular flexibility index (Phi) is 11.1. The number of hydrogen-bond acceptors (Lipinski definition) is 6. The summed E-state index contributed by atoms with van der Waals surface area (Å²) in [5, 5.41) is 14.9. The second-order valence-corrected chi connectivity index (χ2v) is 13.6. The number of aliphatic carboxylic acids is 1. The number of aromatic nitrogens is 2. The van der Waals surface area contributed by atoms with Gasteiger partial charge < -0.3 is 19.5 Å². The van der Waals surface area contributed by atoms with Gasteiger partial charge in [0.05, 0.1) is 19.9 Å². The molecule has 1 aromatic heterocycles. The lowest BCUT2D eigenvalue weighted by Crippen LogP contribution is -2.47. The van der Waals surface area contributed by atoms with Crippen molar-refractivity contribution in [2.75, 3.05) is 40.9 Å². The van der Waals surface area contributed by atoms with E-state index in [4.69, 9.17) is 14.6 Å². The molecule has 3 aromatic rings. The highest BCUT2D eigenvalue weighted by molar-refractivity contribution is 5.73. The van der Waals surface area contributed by atoms with Gasteiger partial charge in [0, 0.05) is 37.2 Å². The van der Waals surface area contributed by atoms with Crippen LogP contribution in [0.5, 0.6) is 11.5 Å². The molecule has 1 aliphatic carbocycles. The predicted molar refractivity (Wildman–Crippen MR) is 178 cm³/mol. The van der Waals surface area contributed by atoms with E-state index in [1.807, 2.05) is 39.1 Å². The summed E-state index contributed by atoms with van der Waals surface area (Å²) in [4.78, 5) is 16.8. The van der Waals surface area contributed by atoms with Gasteiger partial charge >= 0.3 is 5.97 Å². The third kappa shape index (κ3) is 7.58. The molecule has 3 unspecified atom stereocenters. The standard InChI is InChI=1S/C37H51FN4O4/c1-7-42-33(21-30(39-42)17-25-11-12-34(45-5)35(18-25)46-6)26-13-15-41(16-14-26)23-28-20-31(40(4)36(24(2)3)37(43)44)22-32(28)27-9-8-10-29(38)19-27/h8-12,18-19,21,24,26,28,31-32,36H,7,13-17,20,22-23H2,1-6H3,(H,43,44)/t28?,31?,32?,36-/m1/s1. The zero-order valence-electron chi connectivity index (χ0n) is 28.3. The highest BCUT2D eigenvalue weighted by Gasteiger charge is 2.42. The minimum atomic E-state index is -0.775. The Morgan fingerprint density at radius 2 is 1.80 bits per heavy atom. The van der Waals surface area contributed by atoms with E-state index in [1.165, 1.54) is 11.8 Å². The van der Waals surface area contributed by atoms with Gasteiger partial charge in [0.1, 0.15) is 11.9 Å². The molecule has 1 aliphatic heterocycles. The van der Waals surface area contributed by atoms with Crippen molar-refractivity contribution < 1.29 is 23.8 Å². The van der Waals surface area contributed by atoms with Crippen molar-refractivity contribution in [3.05, 3.63) is 76.9 Å². The van der Waals surface area contributed by atoms with Crippen LogP contribution >= 0.6 is 0 Å². The molecule has 250 valence electrons. The molecule has 0 amide bonds. The van der Waals surface area contributed by atoms with Crippen LogP contribution in [0.4, 0.5) is 4.39 Å². The smallest absolute Gasteiger partial charge is 0.321 e. The molecule has 2 heterocycles. The molecule has 0 radical (unpaired) electrons. The Balaban J connectivity index is 1.26. The van der Waals surface area contributed by atoms with E-state index in [0.717, 1.165) is 86.6 Å². The number of carbonyl (C=O) groups is 1. The molecule has 9 heteroatoms. The molecule has 0 bridgehead atoms. The summed E-state index contributed by atoms with van der Waals surface area (Å²) in [6, 6.07) is 14.9. The van der Waals surface area contributed by atoms with Crippen LogP contribution < -0.4 is 9.47 Å². The zero-order valence-corrected chi connectivity index (χ0v) is 28.3. The lowest BCUT2D eigenvalue weighted by molar-refractivity contribution is -0.145. The molecular formula is C37H51FN4O4. The van der Waals surface area contributed by atoms with Gasteiger partial charge in [-0.2, -0.15) is 5.10 Å². The maximum absolute atomic E-state index is 14.3. The molecule has 2 aliphatic rings. The fourth-order valence-electron chi connectivity index (χ4n) is 8.03. The van der Waals surface area contributed by atoms with E-state index in [-0.39, 0.29) is 23.7 Å². The lowest BCUT2D eigenvalue weighted by atomic mass is 9.87. The Morgan fingerprint density at radius 3 is 2.43 bits per heavy atom. The van der Waals surface area contributed by atoms with Crippen LogP contribution in [0.2, 0.25) is 0 Å². The normalized spacial score (nSPS) is 21.6. The molecule has 2 fully saturated rings. The average Bonchev–Trinajstić information content (AvgIpc) is 3.65. The number of nitrogens with zero attached hydrogens (tertiary/aromatic N) is 4. The summed E-state index contributed by atoms with van der Waals surface area (Å²) in [5.41, 5.74) is 4.54. The van der Waals surface area contributed by atoms with Crippen molar-refractivity contribution in [2.45, 2.75) is 83.3 Å². The van der Waals surface area contributed by atoms with Gasteiger partial charge in [-0.1, -0.05) is 32.0 Å². The molecule has 0 spiro atoms. The quantitative estimate of drug-likeness (QED) is 0.232. The zero-order chi connectivity index (χ0) is 33.0. The number of likely N-dealkylation sites (N-methyl/N-ethyl adjacent to an activating group) is 1. The monoisotopic (exact) mass is 634 g/mol. The van der Waals surface area contributed by atoms with Crippen LogP contribution in [0, 0.1) is 17.7 Å². The number of hydrogen-bond donors (Lipinski definition) is 1. The van der Waals surface area contributed by atoms with Crippen molar-refractivity contribution in [1.29, 1.82) is 0 Å². The van der Waals surface area contributed by atoms with Gasteiger partial charge in [0.15, 0.2) is 11.5 Å². The van der Waals surface area contributed by atoms with Crippen LogP contribution in [0.3, 0.4) is 0 Å². The lowest BCUT2D eigenvalue weighted by Gasteiger charge is -2.35. The fourth-order valence-corrected chi connectivity index (χ4v) is 8.03. The van der Waals surface area contributed by atoms with Crippen molar-refractivity contribution in [3.8, 4) is 11.5 Å². The van der Waals surface area contributed by atoms with Gasteiger partial charge in [-0.3, -0.25) is 14.4 Å². The molecule has 8 nitrogen and oxygen atoms in total. The minimum absolute atomic E-state index is 0.00399. The van der Waals surface area contributed by atoms with Crippen LogP contribution in [0.15, 0.2) is 48.5 Å². The van der Waals surface area contributed by atoms with Crippen LogP contribution in [0.25, 0.3) is 0 Å². The Labute approximate surface area is 273 Å². The number of carboxylic acid groups (broad SMARTS) is 1. The van der Waals surface area contributed by atoms with Crippen LogP contribution in [-0.2, 0) is 17.8 Å². The summed E-state index contributed by atoms with van der Waals surface area (Å²) in [5.74, 6) is 1.45. The number of aryl methyl sites for hydroxylation is 1. The Morgan fingerprint density at radius 1 is 1.07 bits per heavy atom. The van der Waals surface area contributed by atoms with Crippen LogP contribution in [-0.4, -0.2) is 83.6 Å². The molecule has 2 aromatic carbocycles. The predicted octanol–water partition coefficient (Wildman–Crippen LogP) is 6.43. The molecule has 46 heavy (non-hydrogen) atoms. The first-order valence-electron chi connectivity index (χ1n) is 16.8. The Bertz CT molecular complexity index is 1470. The van der Waals surface area contributed by atoms with Crippen molar-refractivity contribution in [3.63, 3.8) is 0 Å². The molecule has 1 N–H and O–H groups in total. The number of benzene rings is 2. The number of halogens is 1. The Hall–Kier alpha value is -3.43. The second-order valence-electron chi connectivity index (χ2n) is 13.6. The summed E-state index contributed by atoms with van der Waals surface area (Å²) in [7, 11) is 5.26. The largest absolute Gasteiger partial charge is 0.493 e. The summed E-state index contributed by atoms with van der Waals surface area (Å²) >= 11 is 0. The topological polar surface area (TPSA) is 80.1 Å². The molecular weight excluding hydrogens is 583 g/mol. The first-order chi connectivity index (χ1) is 22.1. The van der Waals surface area contributed by atoms with Gasteiger partial charge in [-0.15, -0.1) is 0 Å². The molecule has 4 atom stereocenters. The minimum Gasteiger partial charge on any atom is -0.493 e. The number of methoxy groups -OCH3 is 2. The van der Waals surface area contributed by atoms with E-state index in [9.17, 15) is 14.3 Å². The van der Waals surface area contributed by atoms with E-state index in [1.54, 1.807) is 26.4 Å². The third-order valence-corrected chi connectivity index (χ3v) is 10.3.